The summed E-state index contributed by atoms with van der Waals surface area (Å²) in [6.45, 7) is 0.273. The lowest BCUT2D eigenvalue weighted by Crippen LogP contribution is -2.52. The molecule has 1 atom stereocenters. The predicted octanol–water partition coefficient (Wildman–Crippen LogP) is 4.70. The van der Waals surface area contributed by atoms with Gasteiger partial charge in [-0.15, -0.1) is 0 Å². The Kier molecular flexibility index (Phi) is 6.65. The second-order valence-corrected chi connectivity index (χ2v) is 8.83. The minimum atomic E-state index is -5.23. The zero-order valence-electron chi connectivity index (χ0n) is 14.3. The van der Waals surface area contributed by atoms with Crippen molar-refractivity contribution in [1.82, 2.24) is 0 Å². The highest BCUT2D eigenvalue weighted by Gasteiger charge is 2.55. The van der Waals surface area contributed by atoms with Crippen LogP contribution in [0.5, 0.6) is 0 Å². The molecule has 0 aliphatic heterocycles. The summed E-state index contributed by atoms with van der Waals surface area (Å²) in [6.07, 6.45) is -5.23. The summed E-state index contributed by atoms with van der Waals surface area (Å²) in [5, 5.41) is 11.1. The van der Waals surface area contributed by atoms with Gasteiger partial charge >= 0.3 is 6.18 Å². The third kappa shape index (κ3) is 5.26. The van der Waals surface area contributed by atoms with Crippen LogP contribution in [-0.4, -0.2) is 31.2 Å². The molecular formula is C16H12Cl3F3N2O4S. The number of hydrogen-bond donors (Lipinski definition) is 3. The van der Waals surface area contributed by atoms with Crippen molar-refractivity contribution >= 4 is 62.1 Å². The molecule has 0 saturated carbocycles. The summed E-state index contributed by atoms with van der Waals surface area (Å²) < 4.78 is 65.3. The first-order valence-electron chi connectivity index (χ1n) is 7.53. The number of anilines is 2. The molecule has 0 aliphatic rings. The van der Waals surface area contributed by atoms with Gasteiger partial charge in [-0.1, -0.05) is 34.8 Å². The summed E-state index contributed by atoms with van der Waals surface area (Å²) in [5.74, 6) is -1.78. The van der Waals surface area contributed by atoms with E-state index >= 15 is 0 Å². The van der Waals surface area contributed by atoms with Gasteiger partial charge in [-0.3, -0.25) is 9.52 Å². The molecule has 0 aliphatic carbocycles. The quantitative estimate of drug-likeness (QED) is 0.565. The van der Waals surface area contributed by atoms with E-state index in [0.717, 1.165) is 18.2 Å². The van der Waals surface area contributed by atoms with Crippen LogP contribution in [0.1, 0.15) is 6.92 Å². The Morgan fingerprint density at radius 2 is 1.55 bits per heavy atom. The van der Waals surface area contributed by atoms with Crippen LogP contribution in [0.4, 0.5) is 24.5 Å². The molecule has 158 valence electrons. The average molecular weight is 492 g/mol. The average Bonchev–Trinajstić information content (AvgIpc) is 2.58. The summed E-state index contributed by atoms with van der Waals surface area (Å²) in [5.41, 5.74) is -3.97. The Balaban J connectivity index is 2.27. The number of benzene rings is 2. The Morgan fingerprint density at radius 1 is 1.00 bits per heavy atom. The Hall–Kier alpha value is -1.72. The fourth-order valence-corrected chi connectivity index (χ4v) is 3.82. The molecule has 2 rings (SSSR count). The fourth-order valence-electron chi connectivity index (χ4n) is 1.91. The number of carbonyl (C=O) groups is 1. The minimum absolute atomic E-state index is 0.0328. The van der Waals surface area contributed by atoms with Gasteiger partial charge in [0.1, 0.15) is 0 Å². The Labute approximate surface area is 178 Å². The molecule has 0 aromatic heterocycles. The maximum Gasteiger partial charge on any atom is 0.426 e. The summed E-state index contributed by atoms with van der Waals surface area (Å²) in [4.78, 5) is 11.4. The molecule has 0 heterocycles. The van der Waals surface area contributed by atoms with Crippen LogP contribution >= 0.6 is 34.8 Å². The van der Waals surface area contributed by atoms with E-state index in [1.165, 1.54) is 18.2 Å². The van der Waals surface area contributed by atoms with Crippen LogP contribution in [0, 0.1) is 0 Å². The third-order valence-corrected chi connectivity index (χ3v) is 5.89. The van der Waals surface area contributed by atoms with Crippen molar-refractivity contribution in [3.63, 3.8) is 0 Å². The lowest BCUT2D eigenvalue weighted by molar-refractivity contribution is -0.242. The number of amides is 1. The van der Waals surface area contributed by atoms with Crippen LogP contribution in [-0.2, 0) is 14.8 Å². The second-order valence-electron chi connectivity index (χ2n) is 5.90. The van der Waals surface area contributed by atoms with Gasteiger partial charge in [0.05, 0.1) is 26.3 Å². The van der Waals surface area contributed by atoms with E-state index < -0.39 is 27.7 Å². The minimum Gasteiger partial charge on any atom is -0.373 e. The van der Waals surface area contributed by atoms with Crippen molar-refractivity contribution in [2.75, 3.05) is 10.0 Å². The van der Waals surface area contributed by atoms with Gasteiger partial charge < -0.3 is 10.4 Å². The highest BCUT2D eigenvalue weighted by molar-refractivity contribution is 7.92. The normalized spacial score (nSPS) is 14.2. The Bertz CT molecular complexity index is 1060. The number of sulfonamides is 1. The third-order valence-electron chi connectivity index (χ3n) is 3.67. The van der Waals surface area contributed by atoms with Crippen molar-refractivity contribution in [3.05, 3.63) is 51.5 Å². The van der Waals surface area contributed by atoms with Crippen molar-refractivity contribution in [1.29, 1.82) is 0 Å². The molecule has 29 heavy (non-hydrogen) atoms. The number of hydrogen-bond acceptors (Lipinski definition) is 4. The van der Waals surface area contributed by atoms with Gasteiger partial charge in [0.2, 0.25) is 5.60 Å². The summed E-state index contributed by atoms with van der Waals surface area (Å²) >= 11 is 17.5. The van der Waals surface area contributed by atoms with Gasteiger partial charge in [0.25, 0.3) is 15.9 Å². The van der Waals surface area contributed by atoms with Gasteiger partial charge in [-0.25, -0.2) is 8.42 Å². The zero-order chi connectivity index (χ0) is 22.2. The van der Waals surface area contributed by atoms with E-state index in [1.54, 1.807) is 0 Å². The van der Waals surface area contributed by atoms with Gasteiger partial charge in [0, 0.05) is 5.02 Å². The lowest BCUT2D eigenvalue weighted by atomic mass is 10.1. The monoisotopic (exact) mass is 490 g/mol. The summed E-state index contributed by atoms with van der Waals surface area (Å²) in [7, 11) is -4.17. The predicted molar refractivity (Wildman–Crippen MR) is 104 cm³/mol. The van der Waals surface area contributed by atoms with Crippen LogP contribution in [0.15, 0.2) is 41.3 Å². The fraction of sp³-hybridized carbons (Fsp3) is 0.188. The van der Waals surface area contributed by atoms with Gasteiger partial charge in [-0.2, -0.15) is 13.2 Å². The first kappa shape index (κ1) is 23.6. The Morgan fingerprint density at radius 3 is 2.07 bits per heavy atom. The van der Waals surface area contributed by atoms with Crippen LogP contribution in [0.2, 0.25) is 15.1 Å². The highest BCUT2D eigenvalue weighted by atomic mass is 35.5. The van der Waals surface area contributed by atoms with Crippen molar-refractivity contribution in [3.8, 4) is 0 Å². The molecule has 0 unspecified atom stereocenters. The molecule has 6 nitrogen and oxygen atoms in total. The van der Waals surface area contributed by atoms with E-state index in [9.17, 15) is 31.5 Å². The van der Waals surface area contributed by atoms with Gasteiger partial charge in [-0.05, 0) is 43.3 Å². The number of rotatable bonds is 5. The van der Waals surface area contributed by atoms with Crippen molar-refractivity contribution in [2.45, 2.75) is 23.6 Å². The smallest absolute Gasteiger partial charge is 0.373 e. The van der Waals surface area contributed by atoms with Crippen LogP contribution < -0.4 is 10.0 Å². The lowest BCUT2D eigenvalue weighted by Gasteiger charge is -2.25. The molecule has 0 radical (unpaired) electrons. The number of nitrogens with one attached hydrogen (secondary N) is 2. The molecular weight excluding hydrogens is 480 g/mol. The zero-order valence-corrected chi connectivity index (χ0v) is 17.4. The SMILES string of the molecule is C[C@@](O)(C(=O)Nc1ccc(S(=O)(=O)Nc2ccc(Cl)cc2Cl)cc1Cl)C(F)(F)F. The van der Waals surface area contributed by atoms with Crippen LogP contribution in [0.3, 0.4) is 0 Å². The van der Waals surface area contributed by atoms with Gasteiger partial charge in [0.15, 0.2) is 0 Å². The number of aliphatic hydroxyl groups is 1. The van der Waals surface area contributed by atoms with E-state index in [2.05, 4.69) is 4.72 Å². The number of alkyl halides is 3. The molecule has 0 fully saturated rings. The van der Waals surface area contributed by atoms with E-state index in [-0.39, 0.29) is 38.3 Å². The second kappa shape index (κ2) is 8.19. The highest BCUT2D eigenvalue weighted by Crippen LogP contribution is 2.33. The summed E-state index contributed by atoms with van der Waals surface area (Å²) in [6, 6.07) is 6.94. The largest absolute Gasteiger partial charge is 0.426 e. The number of halogens is 6. The molecule has 2 aromatic carbocycles. The van der Waals surface area contributed by atoms with Crippen molar-refractivity contribution < 1.29 is 31.5 Å². The first-order valence-corrected chi connectivity index (χ1v) is 10.1. The maximum atomic E-state index is 12.7. The molecule has 0 saturated heterocycles. The standard InChI is InChI=1S/C16H12Cl3F3N2O4S/c1-15(26,16(20,21)22)14(25)23-12-5-3-9(7-11(12)19)29(27,28)24-13-4-2-8(17)6-10(13)18/h2-7,24,26H,1H3,(H,23,25)/t15-/m1/s1. The van der Waals surface area contributed by atoms with Crippen LogP contribution in [0.25, 0.3) is 0 Å². The number of carbonyl (C=O) groups excluding carboxylic acids is 1. The molecule has 2 aromatic rings. The molecule has 13 heteroatoms. The molecule has 0 bridgehead atoms. The first-order chi connectivity index (χ1) is 13.1. The topological polar surface area (TPSA) is 95.5 Å². The molecule has 0 spiro atoms. The van der Waals surface area contributed by atoms with Crippen molar-refractivity contribution in [2.24, 2.45) is 0 Å². The van der Waals surface area contributed by atoms with E-state index in [1.807, 2.05) is 5.32 Å². The van der Waals surface area contributed by atoms with E-state index in [4.69, 9.17) is 34.8 Å². The molecule has 3 N–H and O–H groups in total. The van der Waals surface area contributed by atoms with E-state index in [0.29, 0.717) is 0 Å². The maximum absolute atomic E-state index is 12.7. The molecule has 1 amide bonds.